The minimum Gasteiger partial charge on any atom is -0.507 e. The van der Waals surface area contributed by atoms with E-state index in [2.05, 4.69) is 15.2 Å². The Morgan fingerprint density at radius 2 is 2.00 bits per heavy atom. The second-order valence-corrected chi connectivity index (χ2v) is 3.60. The van der Waals surface area contributed by atoms with Crippen molar-refractivity contribution in [1.29, 1.82) is 0 Å². The molecule has 0 atom stereocenters. The van der Waals surface area contributed by atoms with Crippen molar-refractivity contribution < 1.29 is 5.11 Å². The second kappa shape index (κ2) is 3.44. The predicted molar refractivity (Wildman–Crippen MR) is 62.3 cm³/mol. The summed E-state index contributed by atoms with van der Waals surface area (Å²) in [7, 11) is 0. The molecule has 84 valence electrons. The number of aromatic nitrogens is 4. The Balaban J connectivity index is 2.31. The van der Waals surface area contributed by atoms with Gasteiger partial charge in [0.05, 0.1) is 17.4 Å². The van der Waals surface area contributed by atoms with Gasteiger partial charge in [-0.25, -0.2) is 4.98 Å². The number of hydrogen-bond acceptors (Lipinski definition) is 5. The van der Waals surface area contributed by atoms with E-state index in [1.165, 1.54) is 6.20 Å². The zero-order valence-electron chi connectivity index (χ0n) is 8.78. The highest BCUT2D eigenvalue weighted by Gasteiger charge is 2.11. The third kappa shape index (κ3) is 1.46. The first-order valence-corrected chi connectivity index (χ1v) is 5.00. The molecule has 6 nitrogen and oxygen atoms in total. The maximum Gasteiger partial charge on any atom is 0.255 e. The monoisotopic (exact) mass is 227 g/mol. The first-order valence-electron chi connectivity index (χ1n) is 5.00. The fraction of sp³-hybridized carbons (Fsp3) is 0. The van der Waals surface area contributed by atoms with Gasteiger partial charge in [-0.05, 0) is 12.1 Å². The molecule has 0 spiro atoms. The second-order valence-electron chi connectivity index (χ2n) is 3.60. The van der Waals surface area contributed by atoms with Crippen LogP contribution in [0.3, 0.4) is 0 Å². The normalized spacial score (nSPS) is 10.8. The molecule has 0 amide bonds. The molecule has 17 heavy (non-hydrogen) atoms. The quantitative estimate of drug-likeness (QED) is 0.649. The standard InChI is InChI=1S/C11H9N5O/c12-7-5-13-11-15-14-10(16(11)6-7)8-3-1-2-4-9(8)17/h1-6,17H,12H2. The highest BCUT2D eigenvalue weighted by molar-refractivity contribution is 5.65. The van der Waals surface area contributed by atoms with Crippen LogP contribution in [-0.4, -0.2) is 24.7 Å². The van der Waals surface area contributed by atoms with Crippen LogP contribution in [0.25, 0.3) is 17.2 Å². The van der Waals surface area contributed by atoms with Crippen LogP contribution >= 0.6 is 0 Å². The number of aromatic hydroxyl groups is 1. The van der Waals surface area contributed by atoms with Crippen molar-refractivity contribution in [3.05, 3.63) is 36.7 Å². The number of para-hydroxylation sites is 1. The van der Waals surface area contributed by atoms with Crippen LogP contribution in [0.4, 0.5) is 5.69 Å². The molecule has 0 aliphatic carbocycles. The Hall–Kier alpha value is -2.63. The lowest BCUT2D eigenvalue weighted by molar-refractivity contribution is 0.477. The van der Waals surface area contributed by atoms with Gasteiger partial charge in [0.1, 0.15) is 5.75 Å². The predicted octanol–water partition coefficient (Wildman–Crippen LogP) is 1.08. The van der Waals surface area contributed by atoms with E-state index in [1.54, 1.807) is 28.8 Å². The number of anilines is 1. The van der Waals surface area contributed by atoms with E-state index in [9.17, 15) is 5.11 Å². The molecule has 1 aromatic carbocycles. The van der Waals surface area contributed by atoms with Crippen LogP contribution in [0.15, 0.2) is 36.7 Å². The molecule has 3 aromatic rings. The van der Waals surface area contributed by atoms with Crippen molar-refractivity contribution in [3.63, 3.8) is 0 Å². The van der Waals surface area contributed by atoms with Gasteiger partial charge in [0.15, 0.2) is 5.82 Å². The molecule has 0 saturated heterocycles. The lowest BCUT2D eigenvalue weighted by Gasteiger charge is -2.02. The first-order chi connectivity index (χ1) is 8.25. The molecule has 3 rings (SSSR count). The Kier molecular flexibility index (Phi) is 1.94. The molecule has 0 bridgehead atoms. The number of benzene rings is 1. The van der Waals surface area contributed by atoms with Crippen LogP contribution in [0.1, 0.15) is 0 Å². The number of phenols is 1. The van der Waals surface area contributed by atoms with Crippen LogP contribution in [-0.2, 0) is 0 Å². The molecule has 0 aliphatic rings. The fourth-order valence-electron chi connectivity index (χ4n) is 1.65. The van der Waals surface area contributed by atoms with Crippen molar-refractivity contribution in [2.75, 3.05) is 5.73 Å². The summed E-state index contributed by atoms with van der Waals surface area (Å²) in [5.74, 6) is 1.10. The van der Waals surface area contributed by atoms with Crippen LogP contribution in [0, 0.1) is 0 Å². The largest absolute Gasteiger partial charge is 0.507 e. The topological polar surface area (TPSA) is 89.3 Å². The average Bonchev–Trinajstić information content (AvgIpc) is 2.72. The van der Waals surface area contributed by atoms with Crippen molar-refractivity contribution in [2.45, 2.75) is 0 Å². The molecular formula is C11H9N5O. The number of nitrogens with zero attached hydrogens (tertiary/aromatic N) is 4. The fourth-order valence-corrected chi connectivity index (χ4v) is 1.65. The van der Waals surface area contributed by atoms with E-state index < -0.39 is 0 Å². The Labute approximate surface area is 96.4 Å². The third-order valence-corrected chi connectivity index (χ3v) is 2.43. The lowest BCUT2D eigenvalue weighted by atomic mass is 10.2. The van der Waals surface area contributed by atoms with Gasteiger partial charge < -0.3 is 10.8 Å². The van der Waals surface area contributed by atoms with E-state index in [1.807, 2.05) is 6.07 Å². The molecule has 0 saturated carbocycles. The lowest BCUT2D eigenvalue weighted by Crippen LogP contribution is -1.95. The van der Waals surface area contributed by atoms with Crippen molar-refractivity contribution in [3.8, 4) is 17.1 Å². The van der Waals surface area contributed by atoms with Crippen molar-refractivity contribution in [1.82, 2.24) is 19.6 Å². The van der Waals surface area contributed by atoms with Crippen molar-refractivity contribution >= 4 is 11.5 Å². The summed E-state index contributed by atoms with van der Waals surface area (Å²) in [4.78, 5) is 4.04. The average molecular weight is 227 g/mol. The molecular weight excluding hydrogens is 218 g/mol. The van der Waals surface area contributed by atoms with Crippen LogP contribution in [0.2, 0.25) is 0 Å². The molecule has 0 fully saturated rings. The van der Waals surface area contributed by atoms with E-state index in [-0.39, 0.29) is 5.75 Å². The first kappa shape index (κ1) is 9.59. The Morgan fingerprint density at radius 3 is 2.82 bits per heavy atom. The molecule has 0 radical (unpaired) electrons. The zero-order valence-corrected chi connectivity index (χ0v) is 8.78. The Morgan fingerprint density at radius 1 is 1.18 bits per heavy atom. The smallest absolute Gasteiger partial charge is 0.255 e. The van der Waals surface area contributed by atoms with Crippen molar-refractivity contribution in [2.24, 2.45) is 0 Å². The van der Waals surface area contributed by atoms with Gasteiger partial charge in [0, 0.05) is 6.20 Å². The van der Waals surface area contributed by atoms with Gasteiger partial charge in [0.25, 0.3) is 5.78 Å². The highest BCUT2D eigenvalue weighted by Crippen LogP contribution is 2.27. The number of nitrogen functional groups attached to an aromatic ring is 1. The van der Waals surface area contributed by atoms with Gasteiger partial charge >= 0.3 is 0 Å². The summed E-state index contributed by atoms with van der Waals surface area (Å²) < 4.78 is 1.64. The van der Waals surface area contributed by atoms with E-state index in [4.69, 9.17) is 5.73 Å². The zero-order chi connectivity index (χ0) is 11.8. The van der Waals surface area contributed by atoms with E-state index >= 15 is 0 Å². The number of rotatable bonds is 1. The SMILES string of the molecule is Nc1cnc2nnc(-c3ccccc3O)n2c1. The summed E-state index contributed by atoms with van der Waals surface area (Å²) in [5.41, 5.74) is 6.77. The maximum absolute atomic E-state index is 9.78. The minimum atomic E-state index is 0.143. The molecule has 3 N–H and O–H groups in total. The minimum absolute atomic E-state index is 0.143. The van der Waals surface area contributed by atoms with Gasteiger partial charge in [0.2, 0.25) is 0 Å². The molecule has 0 aliphatic heterocycles. The Bertz CT molecular complexity index is 691. The summed E-state index contributed by atoms with van der Waals surface area (Å²) in [6.07, 6.45) is 3.18. The van der Waals surface area contributed by atoms with Gasteiger partial charge in [-0.1, -0.05) is 12.1 Å². The van der Waals surface area contributed by atoms with Gasteiger partial charge in [-0.15, -0.1) is 10.2 Å². The summed E-state index contributed by atoms with van der Waals surface area (Å²) in [6.45, 7) is 0. The number of nitrogens with two attached hydrogens (primary N) is 1. The summed E-state index contributed by atoms with van der Waals surface area (Å²) in [6, 6.07) is 6.91. The summed E-state index contributed by atoms with van der Waals surface area (Å²) >= 11 is 0. The van der Waals surface area contributed by atoms with Gasteiger partial charge in [-0.2, -0.15) is 0 Å². The maximum atomic E-state index is 9.78. The molecule has 2 heterocycles. The third-order valence-electron chi connectivity index (χ3n) is 2.43. The number of fused-ring (bicyclic) bond motifs is 1. The van der Waals surface area contributed by atoms with Crippen LogP contribution < -0.4 is 5.73 Å². The number of phenolic OH excluding ortho intramolecular Hbond substituents is 1. The molecule has 2 aromatic heterocycles. The van der Waals surface area contributed by atoms with Gasteiger partial charge in [-0.3, -0.25) is 4.40 Å². The molecule has 0 unspecified atom stereocenters. The van der Waals surface area contributed by atoms with Crippen LogP contribution in [0.5, 0.6) is 5.75 Å². The highest BCUT2D eigenvalue weighted by atomic mass is 16.3. The van der Waals surface area contributed by atoms with E-state index in [0.29, 0.717) is 22.9 Å². The molecule has 6 heteroatoms. The number of hydrogen-bond donors (Lipinski definition) is 2. The van der Waals surface area contributed by atoms with E-state index in [0.717, 1.165) is 0 Å². The summed E-state index contributed by atoms with van der Waals surface area (Å²) in [5, 5.41) is 17.7.